The van der Waals surface area contributed by atoms with E-state index in [-0.39, 0.29) is 0 Å². The summed E-state index contributed by atoms with van der Waals surface area (Å²) in [4.78, 5) is 2.33. The molecule has 0 aliphatic carbocycles. The molecule has 0 bridgehead atoms. The molecule has 0 spiro atoms. The third-order valence-corrected chi connectivity index (χ3v) is 4.62. The Bertz CT molecular complexity index is 993. The summed E-state index contributed by atoms with van der Waals surface area (Å²) < 4.78 is 0. The Kier molecular flexibility index (Phi) is 6.54. The van der Waals surface area contributed by atoms with E-state index in [1.807, 2.05) is 48.5 Å². The molecular formula is C24H22N4. The molecule has 0 aliphatic heterocycles. The van der Waals surface area contributed by atoms with E-state index in [9.17, 15) is 0 Å². The molecule has 4 heteroatoms. The van der Waals surface area contributed by atoms with Crippen LogP contribution in [0.4, 0.5) is 0 Å². The lowest BCUT2D eigenvalue weighted by molar-refractivity contribution is 0.247. The van der Waals surface area contributed by atoms with Crippen LogP contribution < -0.4 is 5.73 Å². The van der Waals surface area contributed by atoms with Gasteiger partial charge in [0.15, 0.2) is 0 Å². The first-order chi connectivity index (χ1) is 13.7. The molecule has 0 saturated carbocycles. The van der Waals surface area contributed by atoms with E-state index in [1.54, 1.807) is 0 Å². The molecule has 0 amide bonds. The first kappa shape index (κ1) is 19.3. The van der Waals surface area contributed by atoms with Crippen LogP contribution in [0, 0.1) is 22.7 Å². The normalized spacial score (nSPS) is 10.4. The lowest BCUT2D eigenvalue weighted by Crippen LogP contribution is -2.22. The van der Waals surface area contributed by atoms with Gasteiger partial charge in [-0.3, -0.25) is 4.90 Å². The summed E-state index contributed by atoms with van der Waals surface area (Å²) in [7, 11) is 0. The molecule has 0 radical (unpaired) electrons. The van der Waals surface area contributed by atoms with E-state index in [0.717, 1.165) is 36.3 Å². The van der Waals surface area contributed by atoms with Crippen molar-refractivity contribution in [2.75, 3.05) is 0 Å². The Morgan fingerprint density at radius 1 is 0.643 bits per heavy atom. The summed E-state index contributed by atoms with van der Waals surface area (Å²) in [6, 6.07) is 28.1. The molecule has 3 aromatic rings. The van der Waals surface area contributed by atoms with Crippen molar-refractivity contribution >= 4 is 0 Å². The maximum atomic E-state index is 9.17. The zero-order valence-corrected chi connectivity index (χ0v) is 15.7. The van der Waals surface area contributed by atoms with Gasteiger partial charge in [-0.2, -0.15) is 10.5 Å². The highest BCUT2D eigenvalue weighted by atomic mass is 15.1. The smallest absolute Gasteiger partial charge is 0.0991 e. The van der Waals surface area contributed by atoms with Crippen molar-refractivity contribution in [3.8, 4) is 12.1 Å². The summed E-state index contributed by atoms with van der Waals surface area (Å²) in [5, 5.41) is 18.2. The standard InChI is InChI=1S/C24H22N4/c25-13-19-4-8-21(9-5-19)16-28(17-22-10-6-20(14-26)7-11-22)18-24-3-1-2-23(12-24)15-27/h1-12H,13,16-18,25H2. The number of nitrogens with two attached hydrogens (primary N) is 1. The Hall–Kier alpha value is -3.44. The van der Waals surface area contributed by atoms with Crippen LogP contribution in [0.15, 0.2) is 72.8 Å². The van der Waals surface area contributed by atoms with E-state index >= 15 is 0 Å². The predicted molar refractivity (Wildman–Crippen MR) is 110 cm³/mol. The lowest BCUT2D eigenvalue weighted by Gasteiger charge is -2.23. The highest BCUT2D eigenvalue weighted by molar-refractivity contribution is 5.34. The van der Waals surface area contributed by atoms with E-state index in [0.29, 0.717) is 17.7 Å². The zero-order chi connectivity index (χ0) is 19.8. The van der Waals surface area contributed by atoms with Crippen molar-refractivity contribution in [1.82, 2.24) is 4.90 Å². The molecule has 0 saturated heterocycles. The second kappa shape index (κ2) is 9.48. The Balaban J connectivity index is 1.80. The van der Waals surface area contributed by atoms with Crippen molar-refractivity contribution in [2.45, 2.75) is 26.2 Å². The molecule has 3 aromatic carbocycles. The number of benzene rings is 3. The lowest BCUT2D eigenvalue weighted by atomic mass is 10.1. The van der Waals surface area contributed by atoms with Crippen LogP contribution in [-0.2, 0) is 26.2 Å². The summed E-state index contributed by atoms with van der Waals surface area (Å²) in [6.45, 7) is 2.80. The fraction of sp³-hybridized carbons (Fsp3) is 0.167. The van der Waals surface area contributed by atoms with Gasteiger partial charge in [0, 0.05) is 26.2 Å². The van der Waals surface area contributed by atoms with E-state index < -0.39 is 0 Å². The maximum Gasteiger partial charge on any atom is 0.0991 e. The van der Waals surface area contributed by atoms with E-state index in [4.69, 9.17) is 16.3 Å². The Morgan fingerprint density at radius 3 is 1.75 bits per heavy atom. The SMILES string of the molecule is N#Cc1ccc(CN(Cc2ccc(CN)cc2)Cc2cccc(C#N)c2)cc1. The summed E-state index contributed by atoms with van der Waals surface area (Å²) in [5.74, 6) is 0. The average Bonchev–Trinajstić information content (AvgIpc) is 2.75. The molecule has 28 heavy (non-hydrogen) atoms. The first-order valence-corrected chi connectivity index (χ1v) is 9.18. The number of nitrogens with zero attached hydrogens (tertiary/aromatic N) is 3. The minimum atomic E-state index is 0.538. The minimum absolute atomic E-state index is 0.538. The number of rotatable bonds is 7. The fourth-order valence-corrected chi connectivity index (χ4v) is 3.15. The molecule has 0 fully saturated rings. The van der Waals surface area contributed by atoms with Crippen LogP contribution in [-0.4, -0.2) is 4.90 Å². The summed E-state index contributed by atoms with van der Waals surface area (Å²) in [5.41, 5.74) is 11.6. The Labute approximate surface area is 166 Å². The van der Waals surface area contributed by atoms with Gasteiger partial charge >= 0.3 is 0 Å². The monoisotopic (exact) mass is 366 g/mol. The third-order valence-electron chi connectivity index (χ3n) is 4.62. The van der Waals surface area contributed by atoms with Crippen LogP contribution in [0.25, 0.3) is 0 Å². The fourth-order valence-electron chi connectivity index (χ4n) is 3.15. The van der Waals surface area contributed by atoms with Crippen molar-refractivity contribution < 1.29 is 0 Å². The second-order valence-corrected chi connectivity index (χ2v) is 6.79. The summed E-state index contributed by atoms with van der Waals surface area (Å²) in [6.07, 6.45) is 0. The molecule has 4 nitrogen and oxygen atoms in total. The second-order valence-electron chi connectivity index (χ2n) is 6.79. The number of hydrogen-bond donors (Lipinski definition) is 1. The molecule has 0 heterocycles. The van der Waals surface area contributed by atoms with Crippen LogP contribution in [0.5, 0.6) is 0 Å². The van der Waals surface area contributed by atoms with Crippen LogP contribution in [0.1, 0.15) is 33.4 Å². The van der Waals surface area contributed by atoms with Crippen molar-refractivity contribution in [2.24, 2.45) is 5.73 Å². The van der Waals surface area contributed by atoms with Gasteiger partial charge < -0.3 is 5.73 Å². The van der Waals surface area contributed by atoms with Gasteiger partial charge in [-0.1, -0.05) is 48.5 Å². The zero-order valence-electron chi connectivity index (χ0n) is 15.7. The molecule has 138 valence electrons. The molecule has 0 atom stereocenters. The predicted octanol–water partition coefficient (Wildman–Crippen LogP) is 4.09. The molecule has 3 rings (SSSR count). The molecular weight excluding hydrogens is 344 g/mol. The van der Waals surface area contributed by atoms with Crippen molar-refractivity contribution in [3.05, 3.63) is 106 Å². The molecule has 0 aromatic heterocycles. The first-order valence-electron chi connectivity index (χ1n) is 9.18. The van der Waals surface area contributed by atoms with Gasteiger partial charge in [-0.25, -0.2) is 0 Å². The van der Waals surface area contributed by atoms with Gasteiger partial charge in [-0.05, 0) is 46.5 Å². The van der Waals surface area contributed by atoms with Gasteiger partial charge in [0.05, 0.1) is 23.3 Å². The Morgan fingerprint density at radius 2 is 1.18 bits per heavy atom. The van der Waals surface area contributed by atoms with Crippen LogP contribution in [0.2, 0.25) is 0 Å². The average molecular weight is 366 g/mol. The highest BCUT2D eigenvalue weighted by Gasteiger charge is 2.10. The van der Waals surface area contributed by atoms with Gasteiger partial charge in [-0.15, -0.1) is 0 Å². The van der Waals surface area contributed by atoms with E-state index in [1.165, 1.54) is 5.56 Å². The van der Waals surface area contributed by atoms with E-state index in [2.05, 4.69) is 41.3 Å². The highest BCUT2D eigenvalue weighted by Crippen LogP contribution is 2.16. The van der Waals surface area contributed by atoms with Crippen molar-refractivity contribution in [1.29, 1.82) is 10.5 Å². The molecule has 0 aliphatic rings. The number of nitriles is 2. The largest absolute Gasteiger partial charge is 0.326 e. The minimum Gasteiger partial charge on any atom is -0.326 e. The third kappa shape index (κ3) is 5.28. The topological polar surface area (TPSA) is 76.8 Å². The van der Waals surface area contributed by atoms with Gasteiger partial charge in [0.25, 0.3) is 0 Å². The van der Waals surface area contributed by atoms with Crippen LogP contribution >= 0.6 is 0 Å². The van der Waals surface area contributed by atoms with Gasteiger partial charge in [0.2, 0.25) is 0 Å². The maximum absolute atomic E-state index is 9.17. The number of hydrogen-bond acceptors (Lipinski definition) is 4. The van der Waals surface area contributed by atoms with Gasteiger partial charge in [0.1, 0.15) is 0 Å². The van der Waals surface area contributed by atoms with Crippen molar-refractivity contribution in [3.63, 3.8) is 0 Å². The summed E-state index contributed by atoms with van der Waals surface area (Å²) >= 11 is 0. The van der Waals surface area contributed by atoms with Crippen LogP contribution in [0.3, 0.4) is 0 Å². The molecule has 2 N–H and O–H groups in total. The quantitative estimate of drug-likeness (QED) is 0.683. The molecule has 0 unspecified atom stereocenters.